The van der Waals surface area contributed by atoms with Crippen LogP contribution < -0.4 is 11.1 Å². The molecule has 0 saturated carbocycles. The lowest BCUT2D eigenvalue weighted by molar-refractivity contribution is -0.111. The van der Waals surface area contributed by atoms with Crippen molar-refractivity contribution in [1.29, 1.82) is 0 Å². The fraction of sp³-hybridized carbons (Fsp3) is 0.0714. The molecule has 0 radical (unpaired) electrons. The van der Waals surface area contributed by atoms with Crippen molar-refractivity contribution in [2.45, 2.75) is 6.92 Å². The van der Waals surface area contributed by atoms with Crippen molar-refractivity contribution < 1.29 is 9.59 Å². The Kier molecular flexibility index (Phi) is 4.27. The molecule has 20 heavy (non-hydrogen) atoms. The summed E-state index contributed by atoms with van der Waals surface area (Å²) in [4.78, 5) is 26.8. The molecule has 2 rings (SSSR count). The number of thiazole rings is 1. The van der Waals surface area contributed by atoms with Crippen LogP contribution >= 0.6 is 11.3 Å². The Hall–Kier alpha value is -2.47. The zero-order valence-corrected chi connectivity index (χ0v) is 11.6. The van der Waals surface area contributed by atoms with Gasteiger partial charge in [0.2, 0.25) is 5.91 Å². The summed E-state index contributed by atoms with van der Waals surface area (Å²) < 4.78 is 0. The van der Waals surface area contributed by atoms with Crippen LogP contribution in [-0.4, -0.2) is 16.7 Å². The van der Waals surface area contributed by atoms with Gasteiger partial charge in [-0.1, -0.05) is 12.1 Å². The minimum Gasteiger partial charge on any atom is -0.399 e. The number of amides is 1. The number of hydrogen-bond acceptors (Lipinski definition) is 5. The normalized spacial score (nSPS) is 10.7. The number of nitrogens with one attached hydrogen (secondary N) is 1. The highest BCUT2D eigenvalue weighted by Crippen LogP contribution is 2.15. The Morgan fingerprint density at radius 3 is 2.60 bits per heavy atom. The molecule has 0 aliphatic heterocycles. The molecule has 1 aromatic heterocycles. The average molecular weight is 287 g/mol. The van der Waals surface area contributed by atoms with E-state index >= 15 is 0 Å². The van der Waals surface area contributed by atoms with Crippen LogP contribution in [0.5, 0.6) is 0 Å². The summed E-state index contributed by atoms with van der Waals surface area (Å²) in [6, 6.07) is 7.15. The lowest BCUT2D eigenvalue weighted by Gasteiger charge is -1.97. The van der Waals surface area contributed by atoms with E-state index in [1.54, 1.807) is 23.6 Å². The van der Waals surface area contributed by atoms with E-state index in [0.717, 1.165) is 5.56 Å². The van der Waals surface area contributed by atoms with E-state index in [2.05, 4.69) is 10.3 Å². The third-order valence-electron chi connectivity index (χ3n) is 2.46. The van der Waals surface area contributed by atoms with Gasteiger partial charge in [0.25, 0.3) is 0 Å². The van der Waals surface area contributed by atoms with Crippen LogP contribution in [0.3, 0.4) is 0 Å². The summed E-state index contributed by atoms with van der Waals surface area (Å²) in [5.41, 5.74) is 7.47. The first-order valence-corrected chi connectivity index (χ1v) is 6.73. The molecular weight excluding hydrogens is 274 g/mol. The second-order valence-corrected chi connectivity index (χ2v) is 4.94. The predicted molar refractivity (Wildman–Crippen MR) is 80.6 cm³/mol. The van der Waals surface area contributed by atoms with Gasteiger partial charge in [0.05, 0.1) is 0 Å². The van der Waals surface area contributed by atoms with Gasteiger partial charge in [0.1, 0.15) is 5.69 Å². The monoisotopic (exact) mass is 287 g/mol. The molecule has 2 aromatic rings. The van der Waals surface area contributed by atoms with Crippen LogP contribution in [0.25, 0.3) is 6.08 Å². The number of hydrogen-bond donors (Lipinski definition) is 2. The molecule has 0 fully saturated rings. The molecule has 5 nitrogen and oxygen atoms in total. The zero-order chi connectivity index (χ0) is 14.5. The van der Waals surface area contributed by atoms with Crippen molar-refractivity contribution in [1.82, 2.24) is 4.98 Å². The van der Waals surface area contributed by atoms with Crippen LogP contribution in [0, 0.1) is 0 Å². The van der Waals surface area contributed by atoms with Crippen molar-refractivity contribution in [3.8, 4) is 0 Å². The van der Waals surface area contributed by atoms with E-state index in [0.29, 0.717) is 16.5 Å². The van der Waals surface area contributed by atoms with Gasteiger partial charge in [-0.3, -0.25) is 14.9 Å². The molecule has 0 unspecified atom stereocenters. The topological polar surface area (TPSA) is 85.1 Å². The summed E-state index contributed by atoms with van der Waals surface area (Å²) >= 11 is 1.22. The van der Waals surface area contributed by atoms with Crippen LogP contribution in [0.2, 0.25) is 0 Å². The second kappa shape index (κ2) is 6.12. The van der Waals surface area contributed by atoms with Crippen molar-refractivity contribution in [2.24, 2.45) is 0 Å². The van der Waals surface area contributed by atoms with E-state index in [9.17, 15) is 9.59 Å². The number of ketones is 1. The molecule has 0 bridgehead atoms. The minimum absolute atomic E-state index is 0.126. The van der Waals surface area contributed by atoms with Crippen LogP contribution in [-0.2, 0) is 4.79 Å². The van der Waals surface area contributed by atoms with Crippen molar-refractivity contribution in [3.63, 3.8) is 0 Å². The first-order chi connectivity index (χ1) is 9.54. The van der Waals surface area contributed by atoms with Gasteiger partial charge >= 0.3 is 0 Å². The fourth-order valence-corrected chi connectivity index (χ4v) is 2.17. The number of nitrogens with zero attached hydrogens (tertiary/aromatic N) is 1. The molecule has 1 aromatic carbocycles. The standard InChI is InChI=1S/C14H13N3O2S/c1-9(18)12-8-20-14(16-12)17-13(19)7-4-10-2-5-11(15)6-3-10/h2-8H,15H2,1H3,(H,16,17,19)/b7-4+. The molecule has 1 amide bonds. The largest absolute Gasteiger partial charge is 0.399 e. The van der Waals surface area contributed by atoms with E-state index in [1.165, 1.54) is 24.3 Å². The minimum atomic E-state index is -0.300. The van der Waals surface area contributed by atoms with E-state index in [4.69, 9.17) is 5.73 Å². The third-order valence-corrected chi connectivity index (χ3v) is 3.22. The highest BCUT2D eigenvalue weighted by molar-refractivity contribution is 7.14. The number of aromatic nitrogens is 1. The number of nitrogen functional groups attached to an aromatic ring is 1. The first-order valence-electron chi connectivity index (χ1n) is 5.85. The molecule has 0 spiro atoms. The molecule has 102 valence electrons. The van der Waals surface area contributed by atoms with E-state index in [-0.39, 0.29) is 11.7 Å². The third kappa shape index (κ3) is 3.76. The van der Waals surface area contributed by atoms with Gasteiger partial charge in [0, 0.05) is 24.1 Å². The van der Waals surface area contributed by atoms with Crippen molar-refractivity contribution in [3.05, 3.63) is 47.0 Å². The molecule has 6 heteroatoms. The summed E-state index contributed by atoms with van der Waals surface area (Å²) in [6.45, 7) is 1.43. The lowest BCUT2D eigenvalue weighted by atomic mass is 10.2. The van der Waals surface area contributed by atoms with Gasteiger partial charge in [-0.05, 0) is 23.8 Å². The summed E-state index contributed by atoms with van der Waals surface area (Å²) in [5, 5.41) is 4.62. The number of nitrogens with two attached hydrogens (primary N) is 1. The maximum Gasteiger partial charge on any atom is 0.250 e. The first kappa shape index (κ1) is 14.0. The van der Waals surface area contributed by atoms with Gasteiger partial charge in [-0.2, -0.15) is 0 Å². The predicted octanol–water partition coefficient (Wildman–Crippen LogP) is 2.58. The molecule has 0 aliphatic rings. The smallest absolute Gasteiger partial charge is 0.250 e. The highest BCUT2D eigenvalue weighted by Gasteiger charge is 2.07. The Morgan fingerprint density at radius 2 is 2.00 bits per heavy atom. The Labute approximate surface area is 120 Å². The van der Waals surface area contributed by atoms with Crippen LogP contribution in [0.1, 0.15) is 23.0 Å². The molecule has 0 aliphatic carbocycles. The van der Waals surface area contributed by atoms with Gasteiger partial charge in [-0.15, -0.1) is 11.3 Å². The van der Waals surface area contributed by atoms with Crippen molar-refractivity contribution in [2.75, 3.05) is 11.1 Å². The molecular formula is C14H13N3O2S. The van der Waals surface area contributed by atoms with E-state index < -0.39 is 0 Å². The molecule has 0 atom stereocenters. The molecule has 3 N–H and O–H groups in total. The SMILES string of the molecule is CC(=O)c1csc(NC(=O)/C=C/c2ccc(N)cc2)n1. The Balaban J connectivity index is 1.97. The maximum absolute atomic E-state index is 11.7. The summed E-state index contributed by atoms with van der Waals surface area (Å²) in [6.07, 6.45) is 3.08. The Morgan fingerprint density at radius 1 is 1.30 bits per heavy atom. The quantitative estimate of drug-likeness (QED) is 0.514. The number of carbonyl (C=O) groups excluding carboxylic acids is 2. The Bertz CT molecular complexity index is 659. The van der Waals surface area contributed by atoms with E-state index in [1.807, 2.05) is 12.1 Å². The molecule has 0 saturated heterocycles. The summed E-state index contributed by atoms with van der Waals surface area (Å²) in [7, 11) is 0. The number of carbonyl (C=O) groups is 2. The maximum atomic E-state index is 11.7. The molecule has 1 heterocycles. The number of rotatable bonds is 4. The second-order valence-electron chi connectivity index (χ2n) is 4.08. The number of anilines is 2. The average Bonchev–Trinajstić information content (AvgIpc) is 2.87. The fourth-order valence-electron chi connectivity index (χ4n) is 1.42. The highest BCUT2D eigenvalue weighted by atomic mass is 32.1. The number of Topliss-reactive ketones (excluding diaryl/α,β-unsaturated/α-hetero) is 1. The van der Waals surface area contributed by atoms with Gasteiger partial charge < -0.3 is 5.73 Å². The lowest BCUT2D eigenvalue weighted by Crippen LogP contribution is -2.07. The van der Waals surface area contributed by atoms with Crippen molar-refractivity contribution >= 4 is 39.9 Å². The summed E-state index contributed by atoms with van der Waals surface area (Å²) in [5.74, 6) is -0.426. The number of benzene rings is 1. The van der Waals surface area contributed by atoms with Gasteiger partial charge in [-0.25, -0.2) is 4.98 Å². The van der Waals surface area contributed by atoms with Crippen LogP contribution in [0.4, 0.5) is 10.8 Å². The van der Waals surface area contributed by atoms with Gasteiger partial charge in [0.15, 0.2) is 10.9 Å². The van der Waals surface area contributed by atoms with Crippen LogP contribution in [0.15, 0.2) is 35.7 Å². The zero-order valence-electron chi connectivity index (χ0n) is 10.8.